The van der Waals surface area contributed by atoms with Crippen LogP contribution in [-0.2, 0) is 4.74 Å². The molecule has 0 saturated heterocycles. The van der Waals surface area contributed by atoms with E-state index in [1.54, 1.807) is 0 Å². The summed E-state index contributed by atoms with van der Waals surface area (Å²) in [4.78, 5) is 12.1. The fraction of sp³-hybridized carbons (Fsp3) is 0.357. The Morgan fingerprint density at radius 2 is 2.17 bits per heavy atom. The van der Waals surface area contributed by atoms with E-state index in [1.807, 2.05) is 39.0 Å². The van der Waals surface area contributed by atoms with E-state index < -0.39 is 0 Å². The van der Waals surface area contributed by atoms with Gasteiger partial charge in [-0.2, -0.15) is 0 Å². The third-order valence-corrected chi connectivity index (χ3v) is 3.62. The Morgan fingerprint density at radius 1 is 1.44 bits per heavy atom. The van der Waals surface area contributed by atoms with Gasteiger partial charge in [-0.25, -0.2) is 4.79 Å². The lowest BCUT2D eigenvalue weighted by Crippen LogP contribution is -2.11. The lowest BCUT2D eigenvalue weighted by molar-refractivity contribution is 0.0463. The number of fused-ring (bicyclic) bond motifs is 1. The molecule has 2 aromatic rings. The molecule has 96 valence electrons. The molecule has 0 spiro atoms. The van der Waals surface area contributed by atoms with Gasteiger partial charge in [-0.1, -0.05) is 25.5 Å². The van der Waals surface area contributed by atoms with E-state index in [2.05, 4.69) is 0 Å². The van der Waals surface area contributed by atoms with Crippen molar-refractivity contribution in [2.75, 3.05) is 12.3 Å². The Labute approximate surface area is 111 Å². The topological polar surface area (TPSA) is 52.3 Å². The number of hydrogen-bond acceptors (Lipinski definition) is 4. The molecule has 0 unspecified atom stereocenters. The maximum Gasteiger partial charge on any atom is 0.341 e. The van der Waals surface area contributed by atoms with Gasteiger partial charge >= 0.3 is 5.97 Å². The molecule has 0 atom stereocenters. The Bertz CT molecular complexity index is 587. The Morgan fingerprint density at radius 3 is 2.83 bits per heavy atom. The first kappa shape index (κ1) is 12.9. The molecule has 3 nitrogen and oxygen atoms in total. The minimum absolute atomic E-state index is 0.321. The van der Waals surface area contributed by atoms with Crippen molar-refractivity contribution in [2.45, 2.75) is 20.8 Å². The van der Waals surface area contributed by atoms with Gasteiger partial charge < -0.3 is 10.5 Å². The summed E-state index contributed by atoms with van der Waals surface area (Å²) >= 11 is 1.43. The second-order valence-corrected chi connectivity index (χ2v) is 5.92. The first-order valence-electron chi connectivity index (χ1n) is 5.94. The summed E-state index contributed by atoms with van der Waals surface area (Å²) in [6, 6.07) is 5.99. The summed E-state index contributed by atoms with van der Waals surface area (Å²) in [5.41, 5.74) is 7.55. The van der Waals surface area contributed by atoms with Crippen LogP contribution in [0.2, 0.25) is 0 Å². The first-order valence-corrected chi connectivity index (χ1v) is 6.76. The SMILES string of the molecule is Cc1ccc2sc(N)c(C(=O)OCC(C)C)c2c1. The molecule has 0 fully saturated rings. The van der Waals surface area contributed by atoms with Crippen LogP contribution < -0.4 is 5.73 Å². The number of nitrogen functional groups attached to an aromatic ring is 1. The summed E-state index contributed by atoms with van der Waals surface area (Å²) in [7, 11) is 0. The van der Waals surface area contributed by atoms with Gasteiger partial charge in [-0.05, 0) is 25.0 Å². The molecular formula is C14H17NO2S. The zero-order chi connectivity index (χ0) is 13.3. The van der Waals surface area contributed by atoms with E-state index in [-0.39, 0.29) is 5.97 Å². The summed E-state index contributed by atoms with van der Waals surface area (Å²) in [5.74, 6) is -0.000129. The second-order valence-electron chi connectivity index (χ2n) is 4.83. The van der Waals surface area contributed by atoms with Gasteiger partial charge in [0.05, 0.1) is 6.61 Å². The van der Waals surface area contributed by atoms with Gasteiger partial charge in [0.15, 0.2) is 0 Å². The van der Waals surface area contributed by atoms with Crippen LogP contribution >= 0.6 is 11.3 Å². The van der Waals surface area contributed by atoms with Crippen LogP contribution in [0.3, 0.4) is 0 Å². The van der Waals surface area contributed by atoms with Crippen molar-refractivity contribution in [3.63, 3.8) is 0 Å². The van der Waals surface area contributed by atoms with Crippen LogP contribution in [0.4, 0.5) is 5.00 Å². The molecular weight excluding hydrogens is 246 g/mol. The van der Waals surface area contributed by atoms with Gasteiger partial charge in [0.2, 0.25) is 0 Å². The normalized spacial score (nSPS) is 11.1. The summed E-state index contributed by atoms with van der Waals surface area (Å²) in [6.45, 7) is 6.43. The number of carbonyl (C=O) groups excluding carboxylic acids is 1. The largest absolute Gasteiger partial charge is 0.462 e. The highest BCUT2D eigenvalue weighted by atomic mass is 32.1. The quantitative estimate of drug-likeness (QED) is 0.861. The zero-order valence-electron chi connectivity index (χ0n) is 10.8. The predicted molar refractivity (Wildman–Crippen MR) is 76.1 cm³/mol. The van der Waals surface area contributed by atoms with Crippen LogP contribution in [0, 0.1) is 12.8 Å². The number of thiophene rings is 1. The van der Waals surface area contributed by atoms with E-state index in [9.17, 15) is 4.79 Å². The minimum Gasteiger partial charge on any atom is -0.462 e. The average molecular weight is 263 g/mol. The average Bonchev–Trinajstić information content (AvgIpc) is 2.61. The molecule has 0 aliphatic heterocycles. The van der Waals surface area contributed by atoms with Gasteiger partial charge in [0.1, 0.15) is 10.6 Å². The van der Waals surface area contributed by atoms with E-state index in [0.29, 0.717) is 23.1 Å². The number of aryl methyl sites for hydroxylation is 1. The fourth-order valence-corrected chi connectivity index (χ4v) is 2.69. The van der Waals surface area contributed by atoms with Crippen molar-refractivity contribution < 1.29 is 9.53 Å². The molecule has 1 aromatic carbocycles. The Hall–Kier alpha value is -1.55. The highest BCUT2D eigenvalue weighted by Crippen LogP contribution is 2.34. The van der Waals surface area contributed by atoms with Crippen LogP contribution in [-0.4, -0.2) is 12.6 Å². The number of esters is 1. The van der Waals surface area contributed by atoms with Crippen molar-refractivity contribution in [3.05, 3.63) is 29.3 Å². The van der Waals surface area contributed by atoms with Crippen LogP contribution in [0.5, 0.6) is 0 Å². The number of nitrogens with two attached hydrogens (primary N) is 1. The van der Waals surface area contributed by atoms with Gasteiger partial charge in [-0.3, -0.25) is 0 Å². The van der Waals surface area contributed by atoms with Crippen molar-refractivity contribution in [2.24, 2.45) is 5.92 Å². The Kier molecular flexibility index (Phi) is 3.57. The Balaban J connectivity index is 2.40. The molecule has 0 saturated carbocycles. The van der Waals surface area contributed by atoms with E-state index in [4.69, 9.17) is 10.5 Å². The molecule has 0 amide bonds. The van der Waals surface area contributed by atoms with Crippen molar-refractivity contribution in [3.8, 4) is 0 Å². The summed E-state index contributed by atoms with van der Waals surface area (Å²) < 4.78 is 6.29. The van der Waals surface area contributed by atoms with Crippen molar-refractivity contribution in [1.29, 1.82) is 0 Å². The maximum atomic E-state index is 12.1. The van der Waals surface area contributed by atoms with Crippen LogP contribution in [0.15, 0.2) is 18.2 Å². The highest BCUT2D eigenvalue weighted by molar-refractivity contribution is 7.23. The standard InChI is InChI=1S/C14H17NO2S/c1-8(2)7-17-14(16)12-10-6-9(3)4-5-11(10)18-13(12)15/h4-6,8H,7,15H2,1-3H3. The monoisotopic (exact) mass is 263 g/mol. The third kappa shape index (κ3) is 2.48. The molecule has 0 radical (unpaired) electrons. The number of anilines is 1. The van der Waals surface area contributed by atoms with E-state index >= 15 is 0 Å². The molecule has 4 heteroatoms. The smallest absolute Gasteiger partial charge is 0.341 e. The van der Waals surface area contributed by atoms with E-state index in [0.717, 1.165) is 15.6 Å². The zero-order valence-corrected chi connectivity index (χ0v) is 11.6. The van der Waals surface area contributed by atoms with Crippen molar-refractivity contribution >= 4 is 32.4 Å². The molecule has 0 aliphatic rings. The number of rotatable bonds is 3. The molecule has 1 aromatic heterocycles. The predicted octanol–water partition coefficient (Wildman–Crippen LogP) is 3.60. The van der Waals surface area contributed by atoms with E-state index in [1.165, 1.54) is 11.3 Å². The van der Waals surface area contributed by atoms with Gasteiger partial charge in [0, 0.05) is 10.1 Å². The molecule has 2 N–H and O–H groups in total. The molecule has 18 heavy (non-hydrogen) atoms. The lowest BCUT2D eigenvalue weighted by Gasteiger charge is -2.07. The minimum atomic E-state index is -0.321. The summed E-state index contributed by atoms with van der Waals surface area (Å²) in [6.07, 6.45) is 0. The first-order chi connectivity index (χ1) is 8.49. The second kappa shape index (κ2) is 4.98. The number of benzene rings is 1. The number of carbonyl (C=O) groups is 1. The third-order valence-electron chi connectivity index (χ3n) is 2.62. The highest BCUT2D eigenvalue weighted by Gasteiger charge is 2.18. The van der Waals surface area contributed by atoms with Crippen LogP contribution in [0.1, 0.15) is 29.8 Å². The fourth-order valence-electron chi connectivity index (χ4n) is 1.76. The van der Waals surface area contributed by atoms with Gasteiger partial charge in [0.25, 0.3) is 0 Å². The van der Waals surface area contributed by atoms with Crippen molar-refractivity contribution in [1.82, 2.24) is 0 Å². The molecule has 0 aliphatic carbocycles. The van der Waals surface area contributed by atoms with Crippen LogP contribution in [0.25, 0.3) is 10.1 Å². The number of ether oxygens (including phenoxy) is 1. The number of hydrogen-bond donors (Lipinski definition) is 1. The maximum absolute atomic E-state index is 12.1. The molecule has 2 rings (SSSR count). The lowest BCUT2D eigenvalue weighted by atomic mass is 10.1. The molecule has 0 bridgehead atoms. The molecule has 1 heterocycles. The summed E-state index contributed by atoms with van der Waals surface area (Å²) in [5, 5.41) is 1.43. The van der Waals surface area contributed by atoms with Gasteiger partial charge in [-0.15, -0.1) is 11.3 Å².